The molecule has 0 spiro atoms. The van der Waals surface area contributed by atoms with Crippen LogP contribution in [-0.4, -0.2) is 26.1 Å². The Hall–Kier alpha value is 0.0434. The fraction of sp³-hybridized carbons (Fsp3) is 0.500. The van der Waals surface area contributed by atoms with Crippen molar-refractivity contribution in [2.75, 3.05) is 19.8 Å². The molecule has 0 saturated carbocycles. The maximum absolute atomic E-state index is 5.53. The maximum atomic E-state index is 5.53. The third kappa shape index (κ3) is 6.51. The normalized spacial score (nSPS) is 15.9. The van der Waals surface area contributed by atoms with Gasteiger partial charge in [-0.3, -0.25) is 0 Å². The molecule has 1 fully saturated rings. The Morgan fingerprint density at radius 2 is 1.94 bits per heavy atom. The van der Waals surface area contributed by atoms with E-state index in [0.29, 0.717) is 6.61 Å². The number of ether oxygens (including phenoxy) is 3. The minimum absolute atomic E-state index is 0.0889. The predicted molar refractivity (Wildman–Crippen MR) is 64.6 cm³/mol. The van der Waals surface area contributed by atoms with Crippen LogP contribution in [0.4, 0.5) is 0 Å². The van der Waals surface area contributed by atoms with Gasteiger partial charge in [-0.15, -0.1) is 12.1 Å². The van der Waals surface area contributed by atoms with E-state index in [-0.39, 0.29) is 6.29 Å². The van der Waals surface area contributed by atoms with Crippen LogP contribution in [0, 0.1) is 6.07 Å². The first kappa shape index (κ1) is 15.1. The average molecular weight is 353 g/mol. The van der Waals surface area contributed by atoms with E-state index in [4.69, 9.17) is 14.2 Å². The molecule has 1 aromatic rings. The molecular weight excluding hydrogens is 337 g/mol. The first-order valence-electron chi connectivity index (χ1n) is 5.54. The maximum Gasteiger partial charge on any atom is 0.160 e. The predicted octanol–water partition coefficient (Wildman–Crippen LogP) is 2.86. The summed E-state index contributed by atoms with van der Waals surface area (Å²) in [6.45, 7) is 2.21. The summed E-state index contributed by atoms with van der Waals surface area (Å²) in [5.74, 6) is 0.865. The van der Waals surface area contributed by atoms with Crippen molar-refractivity contribution in [2.45, 2.75) is 19.1 Å². The summed E-state index contributed by atoms with van der Waals surface area (Å²) in [5, 5.41) is 0. The largest absolute Gasteiger partial charge is 0.519 e. The topological polar surface area (TPSA) is 27.7 Å². The molecule has 1 aliphatic rings. The smallest absolute Gasteiger partial charge is 0.160 e. The van der Waals surface area contributed by atoms with E-state index in [2.05, 4.69) is 19.7 Å². The molecule has 0 N–H and O–H groups in total. The third-order valence-electron chi connectivity index (χ3n) is 2.21. The van der Waals surface area contributed by atoms with E-state index in [0.717, 1.165) is 31.8 Å². The monoisotopic (exact) mass is 350 g/mol. The summed E-state index contributed by atoms with van der Waals surface area (Å²) in [6.07, 6.45) is 1.68. The van der Waals surface area contributed by atoms with Crippen molar-refractivity contribution in [3.05, 3.63) is 30.3 Å². The molecule has 5 heteroatoms. The molecule has 1 heterocycles. The van der Waals surface area contributed by atoms with Crippen LogP contribution in [0.25, 0.3) is 0 Å². The van der Waals surface area contributed by atoms with Gasteiger partial charge in [0.15, 0.2) is 6.29 Å². The van der Waals surface area contributed by atoms with Crippen LogP contribution in [0.2, 0.25) is 0 Å². The van der Waals surface area contributed by atoms with Crippen LogP contribution < -0.4 is 4.74 Å². The van der Waals surface area contributed by atoms with E-state index >= 15 is 0 Å². The Morgan fingerprint density at radius 3 is 2.59 bits per heavy atom. The SMILES string of the molecule is [Zn+][Br].[c-]1ccc(OCCC2OCCCO2)cc1. The summed E-state index contributed by atoms with van der Waals surface area (Å²) in [4.78, 5) is 0. The standard InChI is InChI=1S/C12H15O3.BrH.Zn/c1-2-5-11(6-3-1)13-10-7-12-14-8-4-9-15-12;;/h2-3,5-6,12H,4,7-10H2;1H;/q-1;;+2/p-1. The van der Waals surface area contributed by atoms with Crippen molar-refractivity contribution in [3.8, 4) is 5.75 Å². The van der Waals surface area contributed by atoms with Gasteiger partial charge in [0.25, 0.3) is 0 Å². The third-order valence-corrected chi connectivity index (χ3v) is 2.21. The zero-order valence-electron chi connectivity index (χ0n) is 9.73. The Labute approximate surface area is 119 Å². The van der Waals surface area contributed by atoms with E-state index in [1.807, 2.05) is 24.3 Å². The molecule has 0 radical (unpaired) electrons. The minimum atomic E-state index is -0.0889. The van der Waals surface area contributed by atoms with E-state index < -0.39 is 0 Å². The van der Waals surface area contributed by atoms with Crippen molar-refractivity contribution < 1.29 is 30.6 Å². The molecule has 0 unspecified atom stereocenters. The van der Waals surface area contributed by atoms with Crippen LogP contribution in [0.5, 0.6) is 5.75 Å². The van der Waals surface area contributed by atoms with E-state index in [9.17, 15) is 0 Å². The number of halogens is 1. The van der Waals surface area contributed by atoms with Crippen LogP contribution in [0.1, 0.15) is 12.8 Å². The number of rotatable bonds is 4. The van der Waals surface area contributed by atoms with Crippen molar-refractivity contribution in [2.24, 2.45) is 0 Å². The van der Waals surface area contributed by atoms with Gasteiger partial charge in [0.05, 0.1) is 19.8 Å². The van der Waals surface area contributed by atoms with Crippen LogP contribution in [0.15, 0.2) is 24.3 Å². The molecule has 0 aliphatic carbocycles. The van der Waals surface area contributed by atoms with E-state index in [1.54, 1.807) is 0 Å². The summed E-state index contributed by atoms with van der Waals surface area (Å²) in [7, 11) is 0. The molecule has 0 atom stereocenters. The Bertz CT molecular complexity index is 278. The summed E-state index contributed by atoms with van der Waals surface area (Å²) in [6, 6.07) is 10.4. The molecule has 0 bridgehead atoms. The van der Waals surface area contributed by atoms with Gasteiger partial charge in [0, 0.05) is 12.2 Å². The first-order valence-corrected chi connectivity index (χ1v) is 12.5. The average Bonchev–Trinajstić information content (AvgIpc) is 2.43. The van der Waals surface area contributed by atoms with Crippen molar-refractivity contribution in [1.29, 1.82) is 0 Å². The van der Waals surface area contributed by atoms with Gasteiger partial charge in [0.1, 0.15) is 0 Å². The quantitative estimate of drug-likeness (QED) is 0.616. The second kappa shape index (κ2) is 10.0. The molecule has 3 nitrogen and oxygen atoms in total. The fourth-order valence-electron chi connectivity index (χ4n) is 1.44. The molecule has 0 aromatic heterocycles. The van der Waals surface area contributed by atoms with Gasteiger partial charge in [-0.25, -0.2) is 0 Å². The summed E-state index contributed by atoms with van der Waals surface area (Å²) in [5.41, 5.74) is 0. The summed E-state index contributed by atoms with van der Waals surface area (Å²) >= 11 is 4.25. The molecule has 1 saturated heterocycles. The molecule has 1 aliphatic heterocycles. The molecule has 17 heavy (non-hydrogen) atoms. The molecule has 0 amide bonds. The van der Waals surface area contributed by atoms with Crippen LogP contribution >= 0.6 is 13.6 Å². The van der Waals surface area contributed by atoms with Crippen molar-refractivity contribution in [3.63, 3.8) is 0 Å². The number of benzene rings is 1. The second-order valence-electron chi connectivity index (χ2n) is 3.40. The van der Waals surface area contributed by atoms with Gasteiger partial charge in [-0.1, -0.05) is 0 Å². The van der Waals surface area contributed by atoms with Gasteiger partial charge >= 0.3 is 30.0 Å². The van der Waals surface area contributed by atoms with E-state index in [1.165, 1.54) is 16.3 Å². The van der Waals surface area contributed by atoms with Gasteiger partial charge in [-0.05, 0) is 6.42 Å². The van der Waals surface area contributed by atoms with Gasteiger partial charge in [0.2, 0.25) is 0 Å². The molecule has 2 rings (SSSR count). The zero-order valence-corrected chi connectivity index (χ0v) is 14.3. The second-order valence-corrected chi connectivity index (χ2v) is 3.40. The first-order chi connectivity index (χ1) is 8.45. The number of hydrogen-bond acceptors (Lipinski definition) is 3. The van der Waals surface area contributed by atoms with Gasteiger partial charge in [-0.2, -0.15) is 18.2 Å². The zero-order chi connectivity index (χ0) is 12.3. The Morgan fingerprint density at radius 1 is 1.29 bits per heavy atom. The fourth-order valence-corrected chi connectivity index (χ4v) is 1.44. The molecule has 90 valence electrons. The molecular formula is C12H15BrO3Zn. The minimum Gasteiger partial charge on any atom is -0.519 e. The van der Waals surface area contributed by atoms with Crippen molar-refractivity contribution in [1.82, 2.24) is 0 Å². The number of hydrogen-bond donors (Lipinski definition) is 0. The Kier molecular flexibility index (Phi) is 8.89. The van der Waals surface area contributed by atoms with Crippen LogP contribution in [-0.2, 0) is 25.8 Å². The molecule has 1 aromatic carbocycles. The summed E-state index contributed by atoms with van der Waals surface area (Å²) < 4.78 is 16.3. The Balaban J connectivity index is 0.000000686. The van der Waals surface area contributed by atoms with Crippen molar-refractivity contribution >= 4 is 13.6 Å². The van der Waals surface area contributed by atoms with Gasteiger partial charge < -0.3 is 14.2 Å². The van der Waals surface area contributed by atoms with Crippen LogP contribution in [0.3, 0.4) is 0 Å².